The van der Waals surface area contributed by atoms with Gasteiger partial charge < -0.3 is 19.6 Å². The van der Waals surface area contributed by atoms with E-state index in [4.69, 9.17) is 19.6 Å². The number of nitrogen functional groups attached to an aromatic ring is 1. The molecule has 0 unspecified atom stereocenters. The number of hydrogen-bond acceptors (Lipinski definition) is 4. The molecule has 0 spiro atoms. The van der Waals surface area contributed by atoms with E-state index >= 15 is 0 Å². The minimum atomic E-state index is -1.85. The molecule has 6 heteroatoms. The highest BCUT2D eigenvalue weighted by atomic mass is 28.4. The smallest absolute Gasteiger partial charge is 0.197 e. The van der Waals surface area contributed by atoms with Crippen LogP contribution in [0.4, 0.5) is 10.1 Å². The van der Waals surface area contributed by atoms with Crippen molar-refractivity contribution in [2.75, 3.05) is 18.9 Å². The SMILES string of the molecule is CC(C)(C)[Si](C)(C)OC[C@H]1COc2cc(N)cc(F)c2O1. The molecule has 21 heavy (non-hydrogen) atoms. The lowest BCUT2D eigenvalue weighted by Crippen LogP contribution is -2.45. The Balaban J connectivity index is 2.03. The van der Waals surface area contributed by atoms with Crippen molar-refractivity contribution in [1.82, 2.24) is 0 Å². The molecule has 1 aromatic rings. The first-order chi connectivity index (χ1) is 9.60. The van der Waals surface area contributed by atoms with Gasteiger partial charge in [0.15, 0.2) is 31.7 Å². The largest absolute Gasteiger partial charge is 0.486 e. The van der Waals surface area contributed by atoms with Crippen LogP contribution in [-0.4, -0.2) is 27.6 Å². The van der Waals surface area contributed by atoms with Gasteiger partial charge in [0.2, 0.25) is 0 Å². The van der Waals surface area contributed by atoms with E-state index in [0.29, 0.717) is 24.7 Å². The van der Waals surface area contributed by atoms with Gasteiger partial charge in [0, 0.05) is 17.8 Å². The van der Waals surface area contributed by atoms with Crippen LogP contribution in [0.1, 0.15) is 20.8 Å². The molecule has 1 aliphatic rings. The van der Waals surface area contributed by atoms with E-state index < -0.39 is 14.1 Å². The minimum absolute atomic E-state index is 0.124. The summed E-state index contributed by atoms with van der Waals surface area (Å²) in [4.78, 5) is 0. The topological polar surface area (TPSA) is 53.7 Å². The predicted octanol–water partition coefficient (Wildman–Crippen LogP) is 3.57. The van der Waals surface area contributed by atoms with Crippen LogP contribution in [-0.2, 0) is 4.43 Å². The molecule has 0 amide bonds. The molecule has 1 atom stereocenters. The Kier molecular flexibility index (Phi) is 4.21. The Bertz CT molecular complexity index is 528. The Hall–Kier alpha value is -1.27. The number of ether oxygens (including phenoxy) is 2. The standard InChI is InChI=1S/C15H24FNO3Si/c1-15(2,3)21(4,5)19-9-11-8-18-13-7-10(17)6-12(16)14(13)20-11/h6-7,11H,8-9,17H2,1-5H3/t11-/m1/s1. The van der Waals surface area contributed by atoms with Crippen LogP contribution in [0, 0.1) is 5.82 Å². The van der Waals surface area contributed by atoms with Crippen molar-refractivity contribution in [3.63, 3.8) is 0 Å². The third kappa shape index (κ3) is 3.49. The Morgan fingerprint density at radius 2 is 2.05 bits per heavy atom. The molecule has 1 heterocycles. The zero-order valence-corrected chi connectivity index (χ0v) is 14.3. The van der Waals surface area contributed by atoms with Gasteiger partial charge in [-0.25, -0.2) is 4.39 Å². The van der Waals surface area contributed by atoms with Crippen LogP contribution in [0.5, 0.6) is 11.5 Å². The summed E-state index contributed by atoms with van der Waals surface area (Å²) in [5.41, 5.74) is 5.91. The van der Waals surface area contributed by atoms with Gasteiger partial charge in [-0.3, -0.25) is 0 Å². The van der Waals surface area contributed by atoms with Crippen molar-refractivity contribution in [3.8, 4) is 11.5 Å². The zero-order valence-electron chi connectivity index (χ0n) is 13.3. The lowest BCUT2D eigenvalue weighted by atomic mass is 10.2. The van der Waals surface area contributed by atoms with Crippen LogP contribution < -0.4 is 15.2 Å². The summed E-state index contributed by atoms with van der Waals surface area (Å²) in [6.45, 7) is 11.6. The third-order valence-electron chi connectivity index (χ3n) is 4.18. The number of nitrogens with two attached hydrogens (primary N) is 1. The van der Waals surface area contributed by atoms with Gasteiger partial charge in [-0.05, 0) is 18.1 Å². The minimum Gasteiger partial charge on any atom is -0.486 e. The number of halogens is 1. The maximum absolute atomic E-state index is 13.9. The average molecular weight is 313 g/mol. The lowest BCUT2D eigenvalue weighted by Gasteiger charge is -2.37. The monoisotopic (exact) mass is 313 g/mol. The number of rotatable bonds is 3. The lowest BCUT2D eigenvalue weighted by molar-refractivity contribution is 0.0454. The molecule has 0 aromatic heterocycles. The Labute approximate surface area is 126 Å². The van der Waals surface area contributed by atoms with E-state index in [1.54, 1.807) is 6.07 Å². The number of benzene rings is 1. The van der Waals surface area contributed by atoms with E-state index in [1.807, 2.05) is 0 Å². The van der Waals surface area contributed by atoms with Crippen molar-refractivity contribution >= 4 is 14.0 Å². The average Bonchev–Trinajstić information content (AvgIpc) is 2.35. The summed E-state index contributed by atoms with van der Waals surface area (Å²) in [6, 6.07) is 2.81. The number of fused-ring (bicyclic) bond motifs is 1. The number of hydrogen-bond donors (Lipinski definition) is 1. The fourth-order valence-corrected chi connectivity index (χ4v) is 2.83. The maximum atomic E-state index is 13.9. The maximum Gasteiger partial charge on any atom is 0.197 e. The van der Waals surface area contributed by atoms with Crippen LogP contribution in [0.15, 0.2) is 12.1 Å². The summed E-state index contributed by atoms with van der Waals surface area (Å²) in [6.07, 6.45) is -0.301. The molecular weight excluding hydrogens is 289 g/mol. The molecule has 118 valence electrons. The van der Waals surface area contributed by atoms with E-state index in [2.05, 4.69) is 33.9 Å². The molecule has 0 fully saturated rings. The van der Waals surface area contributed by atoms with E-state index in [1.165, 1.54) is 6.07 Å². The van der Waals surface area contributed by atoms with Gasteiger partial charge in [-0.2, -0.15) is 0 Å². The molecule has 0 saturated heterocycles. The van der Waals surface area contributed by atoms with Crippen molar-refractivity contribution in [1.29, 1.82) is 0 Å². The van der Waals surface area contributed by atoms with Gasteiger partial charge in [0.1, 0.15) is 6.61 Å². The molecule has 2 rings (SSSR count). The van der Waals surface area contributed by atoms with Crippen molar-refractivity contribution in [2.24, 2.45) is 0 Å². The molecule has 0 radical (unpaired) electrons. The van der Waals surface area contributed by atoms with Gasteiger partial charge in [0.25, 0.3) is 0 Å². The normalized spacial score (nSPS) is 18.7. The first kappa shape index (κ1) is 16.1. The first-order valence-corrected chi connectivity index (χ1v) is 10.0. The van der Waals surface area contributed by atoms with Crippen molar-refractivity contribution in [3.05, 3.63) is 17.9 Å². The second-order valence-corrected chi connectivity index (χ2v) is 11.8. The molecular formula is C15H24FNO3Si. The molecule has 2 N–H and O–H groups in total. The highest BCUT2D eigenvalue weighted by molar-refractivity contribution is 6.74. The number of anilines is 1. The van der Waals surface area contributed by atoms with E-state index in [0.717, 1.165) is 0 Å². The molecule has 0 bridgehead atoms. The van der Waals surface area contributed by atoms with Gasteiger partial charge in [0.05, 0.1) is 6.61 Å². The second-order valence-electron chi connectivity index (χ2n) is 6.95. The van der Waals surface area contributed by atoms with Crippen molar-refractivity contribution < 1.29 is 18.3 Å². The van der Waals surface area contributed by atoms with Gasteiger partial charge in [-0.15, -0.1) is 0 Å². The first-order valence-electron chi connectivity index (χ1n) is 7.12. The Morgan fingerprint density at radius 3 is 2.67 bits per heavy atom. The van der Waals surface area contributed by atoms with Gasteiger partial charge >= 0.3 is 0 Å². The highest BCUT2D eigenvalue weighted by Crippen LogP contribution is 2.38. The molecule has 1 aromatic carbocycles. The summed E-state index contributed by atoms with van der Waals surface area (Å²) in [5.74, 6) is -0.0163. The third-order valence-corrected chi connectivity index (χ3v) is 8.68. The van der Waals surface area contributed by atoms with Crippen LogP contribution in [0.25, 0.3) is 0 Å². The highest BCUT2D eigenvalue weighted by Gasteiger charge is 2.38. The second kappa shape index (κ2) is 5.49. The molecule has 4 nitrogen and oxygen atoms in total. The fraction of sp³-hybridized carbons (Fsp3) is 0.600. The quantitative estimate of drug-likeness (QED) is 0.684. The predicted molar refractivity (Wildman–Crippen MR) is 83.9 cm³/mol. The van der Waals surface area contributed by atoms with Crippen LogP contribution in [0.2, 0.25) is 18.1 Å². The summed E-state index contributed by atoms with van der Waals surface area (Å²) >= 11 is 0. The Morgan fingerprint density at radius 1 is 1.38 bits per heavy atom. The van der Waals surface area contributed by atoms with Gasteiger partial charge in [-0.1, -0.05) is 20.8 Å². The van der Waals surface area contributed by atoms with E-state index in [-0.39, 0.29) is 16.9 Å². The van der Waals surface area contributed by atoms with E-state index in [9.17, 15) is 4.39 Å². The molecule has 1 aliphatic heterocycles. The fourth-order valence-electron chi connectivity index (χ4n) is 1.79. The molecule has 0 saturated carbocycles. The summed E-state index contributed by atoms with van der Waals surface area (Å²) < 4.78 is 31.2. The van der Waals surface area contributed by atoms with Crippen LogP contribution in [0.3, 0.4) is 0 Å². The zero-order chi connectivity index (χ0) is 15.8. The summed E-state index contributed by atoms with van der Waals surface area (Å²) in [5, 5.41) is 0.125. The molecule has 0 aliphatic carbocycles. The summed E-state index contributed by atoms with van der Waals surface area (Å²) in [7, 11) is -1.85. The van der Waals surface area contributed by atoms with Crippen molar-refractivity contribution in [2.45, 2.75) is 45.0 Å². The van der Waals surface area contributed by atoms with Crippen LogP contribution >= 0.6 is 0 Å².